The molecule has 2 atom stereocenters. The number of benzene rings is 1. The number of hydrogen-bond donors (Lipinski definition) is 2. The van der Waals surface area contributed by atoms with Crippen molar-refractivity contribution < 1.29 is 18.9 Å². The van der Waals surface area contributed by atoms with Crippen LogP contribution in [0.1, 0.15) is 40.0 Å². The fraction of sp³-hybridized carbons (Fsp3) is 0.500. The van der Waals surface area contributed by atoms with Gasteiger partial charge in [-0.15, -0.1) is 0 Å². The molecule has 0 fully saturated rings. The van der Waals surface area contributed by atoms with Crippen LogP contribution in [0.3, 0.4) is 0 Å². The Bertz CT molecular complexity index is 932. The number of nitro groups is 1. The third kappa shape index (κ3) is 5.18. The van der Waals surface area contributed by atoms with Crippen LogP contribution in [0, 0.1) is 10.1 Å². The molecule has 1 heterocycles. The molecule has 0 radical (unpaired) electrons. The molecule has 0 aliphatic rings. The number of nitro benzene ring substituents is 1. The second-order valence-corrected chi connectivity index (χ2v) is 6.64. The van der Waals surface area contributed by atoms with Crippen molar-refractivity contribution in [1.29, 1.82) is 0 Å². The largest absolute Gasteiger partial charge is 0.419 e. The van der Waals surface area contributed by atoms with Gasteiger partial charge in [-0.25, -0.2) is 4.79 Å². The number of non-ortho nitro benzene ring substituents is 1. The minimum atomic E-state index is -0.653. The lowest BCUT2D eigenvalue weighted by atomic mass is 10.2. The maximum atomic E-state index is 12.0. The molecule has 152 valence electrons. The molecule has 0 spiro atoms. The number of aromatic nitrogens is 1. The minimum absolute atomic E-state index is 0.0314. The number of rotatable bonds is 9. The van der Waals surface area contributed by atoms with Gasteiger partial charge in [0.05, 0.1) is 16.5 Å². The van der Waals surface area contributed by atoms with Crippen LogP contribution in [0.4, 0.5) is 5.69 Å². The summed E-state index contributed by atoms with van der Waals surface area (Å²) in [6.07, 6.45) is 1.26. The predicted octanol–water partition coefficient (Wildman–Crippen LogP) is 1.70. The Morgan fingerprint density at radius 3 is 2.64 bits per heavy atom. The van der Waals surface area contributed by atoms with Crippen molar-refractivity contribution >= 4 is 28.6 Å². The first kappa shape index (κ1) is 21.1. The van der Waals surface area contributed by atoms with Crippen LogP contribution in [-0.4, -0.2) is 33.4 Å². The summed E-state index contributed by atoms with van der Waals surface area (Å²) in [5, 5.41) is 16.2. The van der Waals surface area contributed by atoms with Gasteiger partial charge >= 0.3 is 5.76 Å². The minimum Gasteiger partial charge on any atom is -0.407 e. The first-order chi connectivity index (χ1) is 13.2. The number of nitrogens with zero attached hydrogens (tertiary/aromatic N) is 2. The van der Waals surface area contributed by atoms with Crippen molar-refractivity contribution in [3.05, 3.63) is 38.9 Å². The quantitative estimate of drug-likeness (QED) is 0.492. The van der Waals surface area contributed by atoms with Gasteiger partial charge in [0, 0.05) is 25.1 Å². The maximum absolute atomic E-state index is 12.0. The van der Waals surface area contributed by atoms with Crippen LogP contribution in [0.2, 0.25) is 0 Å². The molecule has 28 heavy (non-hydrogen) atoms. The van der Waals surface area contributed by atoms with E-state index in [2.05, 4.69) is 10.6 Å². The normalized spacial score (nSPS) is 13.1. The van der Waals surface area contributed by atoms with Gasteiger partial charge in [-0.2, -0.15) is 0 Å². The smallest absolute Gasteiger partial charge is 0.407 e. The lowest BCUT2D eigenvalue weighted by molar-refractivity contribution is -0.384. The van der Waals surface area contributed by atoms with Gasteiger partial charge in [0.1, 0.15) is 6.04 Å². The summed E-state index contributed by atoms with van der Waals surface area (Å²) in [5.74, 6) is -1.19. The van der Waals surface area contributed by atoms with E-state index in [0.717, 1.165) is 6.42 Å². The number of carbonyl (C=O) groups excluding carboxylic acids is 2. The zero-order valence-corrected chi connectivity index (χ0v) is 16.1. The fourth-order valence-corrected chi connectivity index (χ4v) is 2.63. The van der Waals surface area contributed by atoms with Crippen LogP contribution in [0.5, 0.6) is 0 Å². The van der Waals surface area contributed by atoms with Crippen LogP contribution < -0.4 is 16.4 Å². The average Bonchev–Trinajstić information content (AvgIpc) is 2.95. The Hall–Kier alpha value is -3.17. The topological polar surface area (TPSA) is 136 Å². The molecular formula is C18H24N4O6. The number of carbonyl (C=O) groups is 2. The van der Waals surface area contributed by atoms with E-state index in [1.807, 2.05) is 13.8 Å². The van der Waals surface area contributed by atoms with Gasteiger partial charge in [0.2, 0.25) is 11.8 Å². The second kappa shape index (κ2) is 9.16. The number of fused-ring (bicyclic) bond motifs is 1. The van der Waals surface area contributed by atoms with Gasteiger partial charge in [0.25, 0.3) is 5.69 Å². The third-order valence-electron chi connectivity index (χ3n) is 4.42. The summed E-state index contributed by atoms with van der Waals surface area (Å²) in [7, 11) is 0. The summed E-state index contributed by atoms with van der Waals surface area (Å²) < 4.78 is 6.37. The third-order valence-corrected chi connectivity index (χ3v) is 4.42. The molecule has 0 aliphatic carbocycles. The highest BCUT2D eigenvalue weighted by Gasteiger charge is 2.17. The van der Waals surface area contributed by atoms with Crippen molar-refractivity contribution in [2.24, 2.45) is 0 Å². The summed E-state index contributed by atoms with van der Waals surface area (Å²) in [5.41, 5.74) is 0.383. The zero-order valence-electron chi connectivity index (χ0n) is 16.1. The van der Waals surface area contributed by atoms with Crippen molar-refractivity contribution in [3.63, 3.8) is 0 Å². The maximum Gasteiger partial charge on any atom is 0.419 e. The molecule has 0 saturated carbocycles. The van der Waals surface area contributed by atoms with E-state index in [4.69, 9.17) is 4.42 Å². The van der Waals surface area contributed by atoms with E-state index in [1.54, 1.807) is 6.92 Å². The number of hydrogen-bond acceptors (Lipinski definition) is 6. The van der Waals surface area contributed by atoms with Gasteiger partial charge in [-0.3, -0.25) is 24.3 Å². The van der Waals surface area contributed by atoms with E-state index in [0.29, 0.717) is 11.9 Å². The molecule has 2 N–H and O–H groups in total. The van der Waals surface area contributed by atoms with Gasteiger partial charge in [0.15, 0.2) is 5.58 Å². The summed E-state index contributed by atoms with van der Waals surface area (Å²) in [6, 6.07) is 3.30. The lowest BCUT2D eigenvalue weighted by Gasteiger charge is -2.17. The van der Waals surface area contributed by atoms with E-state index < -0.39 is 16.7 Å². The Balaban J connectivity index is 1.91. The van der Waals surface area contributed by atoms with E-state index in [1.165, 1.54) is 22.8 Å². The highest BCUT2D eigenvalue weighted by atomic mass is 16.6. The molecule has 0 saturated heterocycles. The first-order valence-corrected chi connectivity index (χ1v) is 9.10. The SMILES string of the molecule is CCC(C)NC(=O)C(C)NC(=O)CCCn1c(=O)oc2cc([N+](=O)[O-])ccc21. The number of oxazole rings is 1. The first-order valence-electron chi connectivity index (χ1n) is 9.10. The molecular weight excluding hydrogens is 368 g/mol. The molecule has 2 aromatic rings. The Kier molecular flexibility index (Phi) is 6.91. The predicted molar refractivity (Wildman–Crippen MR) is 102 cm³/mol. The number of nitrogens with one attached hydrogen (secondary N) is 2. The second-order valence-electron chi connectivity index (χ2n) is 6.64. The zero-order chi connectivity index (χ0) is 20.8. The van der Waals surface area contributed by atoms with E-state index >= 15 is 0 Å². The van der Waals surface area contributed by atoms with Crippen molar-refractivity contribution in [1.82, 2.24) is 15.2 Å². The summed E-state index contributed by atoms with van der Waals surface area (Å²) >= 11 is 0. The van der Waals surface area contributed by atoms with Crippen molar-refractivity contribution in [3.8, 4) is 0 Å². The van der Waals surface area contributed by atoms with Crippen LogP contribution in [-0.2, 0) is 16.1 Å². The standard InChI is InChI=1S/C18H24N4O6/c1-4-11(2)19-17(24)12(3)20-16(23)6-5-9-21-14-8-7-13(22(26)27)10-15(14)28-18(21)25/h7-8,10-12H,4-6,9H2,1-3H3,(H,19,24)(H,20,23). The van der Waals surface area contributed by atoms with Crippen LogP contribution in [0.25, 0.3) is 11.1 Å². The highest BCUT2D eigenvalue weighted by molar-refractivity contribution is 5.87. The molecule has 2 amide bonds. The molecule has 10 heteroatoms. The summed E-state index contributed by atoms with van der Waals surface area (Å²) in [4.78, 5) is 46.2. The molecule has 1 aromatic heterocycles. The molecule has 0 aliphatic heterocycles. The molecule has 2 rings (SSSR count). The fourth-order valence-electron chi connectivity index (χ4n) is 2.63. The molecule has 2 unspecified atom stereocenters. The molecule has 0 bridgehead atoms. The van der Waals surface area contributed by atoms with Gasteiger partial charge in [-0.05, 0) is 32.8 Å². The monoisotopic (exact) mass is 392 g/mol. The molecule has 1 aromatic carbocycles. The Labute approximate surface area is 161 Å². The van der Waals surface area contributed by atoms with Crippen molar-refractivity contribution in [2.45, 2.75) is 58.7 Å². The van der Waals surface area contributed by atoms with E-state index in [-0.39, 0.29) is 42.1 Å². The average molecular weight is 392 g/mol. The highest BCUT2D eigenvalue weighted by Crippen LogP contribution is 2.20. The number of amides is 2. The Morgan fingerprint density at radius 2 is 2.00 bits per heavy atom. The van der Waals surface area contributed by atoms with Crippen LogP contribution >= 0.6 is 0 Å². The van der Waals surface area contributed by atoms with E-state index in [9.17, 15) is 24.5 Å². The Morgan fingerprint density at radius 1 is 1.29 bits per heavy atom. The van der Waals surface area contributed by atoms with Gasteiger partial charge in [-0.1, -0.05) is 6.92 Å². The lowest BCUT2D eigenvalue weighted by Crippen LogP contribution is -2.47. The van der Waals surface area contributed by atoms with Gasteiger partial charge < -0.3 is 15.1 Å². The molecule has 10 nitrogen and oxygen atoms in total. The number of aryl methyl sites for hydroxylation is 1. The summed E-state index contributed by atoms with van der Waals surface area (Å²) in [6.45, 7) is 5.66. The van der Waals surface area contributed by atoms with Crippen LogP contribution in [0.15, 0.2) is 27.4 Å². The van der Waals surface area contributed by atoms with Crippen molar-refractivity contribution in [2.75, 3.05) is 0 Å².